The van der Waals surface area contributed by atoms with E-state index in [1.807, 2.05) is 19.1 Å². The molecule has 2 aliphatic heterocycles. The summed E-state index contributed by atoms with van der Waals surface area (Å²) in [6.45, 7) is 14.1. The van der Waals surface area contributed by atoms with Crippen molar-refractivity contribution >= 4 is 89.4 Å². The highest BCUT2D eigenvalue weighted by Gasteiger charge is 2.40. The van der Waals surface area contributed by atoms with Crippen LogP contribution in [0.5, 0.6) is 0 Å². The smallest absolute Gasteiger partial charge is 0.262 e. The second kappa shape index (κ2) is 30.2. The summed E-state index contributed by atoms with van der Waals surface area (Å²) in [5.41, 5.74) is 4.12. The van der Waals surface area contributed by atoms with Gasteiger partial charge in [0.1, 0.15) is 0 Å². The number of imide groups is 2. The summed E-state index contributed by atoms with van der Waals surface area (Å²) in [5.74, 6) is -0.250. The van der Waals surface area contributed by atoms with E-state index in [0.29, 0.717) is 35.3 Å². The molecule has 4 heterocycles. The molecule has 6 nitrogen and oxygen atoms in total. The number of carbonyl (C=O) groups is 4. The third-order valence-corrected chi connectivity index (χ3v) is 21.1. The number of aryl methyl sites for hydroxylation is 2. The maximum absolute atomic E-state index is 15.8. The standard InChI is InChI=1S/C74H98N2O4S2/c1-7-11-15-19-23-25-29-33-37-53(35-31-27-21-17-13-9-3)49-75-71(77)57-42-41-56-60-48-61(62-45-46-64(82-62)63-44-39-52(6)81-63)70-69-58(43-40-55(67(60)69)59-47-51(5)65(73(75)79)68(57)66(56)59)72(78)76(74(70)80)50-54(36-32-28-22-18-14-10-4)38-34-30-26-24-20-16-12-8-2/h39-48,53-54H,7-38,49-50H2,1-6H3. The fourth-order valence-corrected chi connectivity index (χ4v) is 16.2. The third-order valence-electron chi connectivity index (χ3n) is 18.8. The maximum Gasteiger partial charge on any atom is 0.262 e. The molecule has 2 aliphatic rings. The van der Waals surface area contributed by atoms with Crippen molar-refractivity contribution in [1.29, 1.82) is 0 Å². The quantitative estimate of drug-likeness (QED) is 0.0167. The topological polar surface area (TPSA) is 74.8 Å². The van der Waals surface area contributed by atoms with Gasteiger partial charge < -0.3 is 0 Å². The molecule has 0 aliphatic carbocycles. The molecule has 440 valence electrons. The molecule has 5 aromatic carbocycles. The molecule has 0 spiro atoms. The Labute approximate surface area is 500 Å². The van der Waals surface area contributed by atoms with Crippen LogP contribution in [0, 0.1) is 25.7 Å². The third kappa shape index (κ3) is 14.1. The summed E-state index contributed by atoms with van der Waals surface area (Å²) < 4.78 is 0. The van der Waals surface area contributed by atoms with Crippen molar-refractivity contribution in [3.05, 3.63) is 93.4 Å². The van der Waals surface area contributed by atoms with Crippen molar-refractivity contribution in [2.75, 3.05) is 13.1 Å². The van der Waals surface area contributed by atoms with Crippen LogP contribution in [-0.2, 0) is 0 Å². The Balaban J connectivity index is 1.08. The number of carbonyl (C=O) groups excluding carboxylic acids is 4. The van der Waals surface area contributed by atoms with E-state index in [2.05, 4.69) is 83.1 Å². The number of amides is 4. The molecule has 2 unspecified atom stereocenters. The predicted molar refractivity (Wildman–Crippen MR) is 352 cm³/mol. The summed E-state index contributed by atoms with van der Waals surface area (Å²) in [4.78, 5) is 69.3. The van der Waals surface area contributed by atoms with Crippen LogP contribution in [0.15, 0.2) is 60.7 Å². The second-order valence-corrected chi connectivity index (χ2v) is 27.5. The number of hydrogen-bond acceptors (Lipinski definition) is 6. The minimum absolute atomic E-state index is 0.178. The predicted octanol–water partition coefficient (Wildman–Crippen LogP) is 22.8. The normalized spacial score (nSPS) is 14.4. The molecular weight excluding hydrogens is 1040 g/mol. The van der Waals surface area contributed by atoms with Crippen LogP contribution in [0.4, 0.5) is 0 Å². The van der Waals surface area contributed by atoms with Gasteiger partial charge in [-0.2, -0.15) is 0 Å². The van der Waals surface area contributed by atoms with Crippen LogP contribution in [0.1, 0.15) is 285 Å². The number of nitrogens with zero attached hydrogens (tertiary/aromatic N) is 2. The van der Waals surface area contributed by atoms with Gasteiger partial charge in [-0.3, -0.25) is 29.0 Å². The number of thiophene rings is 2. The summed E-state index contributed by atoms with van der Waals surface area (Å²) >= 11 is 3.48. The number of unbranched alkanes of at least 4 members (excludes halogenated alkanes) is 24. The van der Waals surface area contributed by atoms with Crippen LogP contribution in [0.25, 0.3) is 63.3 Å². The number of hydrogen-bond donors (Lipinski definition) is 0. The highest BCUT2D eigenvalue weighted by Crippen LogP contribution is 2.51. The van der Waals surface area contributed by atoms with E-state index in [1.54, 1.807) is 32.5 Å². The number of rotatable bonds is 38. The van der Waals surface area contributed by atoms with Crippen LogP contribution in [0.2, 0.25) is 0 Å². The molecule has 0 fully saturated rings. The van der Waals surface area contributed by atoms with Crippen LogP contribution in [0.3, 0.4) is 0 Å². The Morgan fingerprint density at radius 3 is 1.13 bits per heavy atom. The first-order chi connectivity index (χ1) is 40.1. The van der Waals surface area contributed by atoms with Gasteiger partial charge in [-0.15, -0.1) is 22.7 Å². The summed E-state index contributed by atoms with van der Waals surface area (Å²) in [6, 6.07) is 21.2. The Kier molecular flexibility index (Phi) is 22.7. The summed E-state index contributed by atoms with van der Waals surface area (Å²) in [6.07, 6.45) is 38.9. The lowest BCUT2D eigenvalue weighted by Gasteiger charge is -2.33. The zero-order valence-electron chi connectivity index (χ0n) is 51.3. The van der Waals surface area contributed by atoms with Gasteiger partial charge in [0, 0.05) is 60.1 Å². The van der Waals surface area contributed by atoms with E-state index in [9.17, 15) is 0 Å². The number of benzene rings is 5. The lowest BCUT2D eigenvalue weighted by atomic mass is 9.79. The molecular formula is C74H98N2O4S2. The first-order valence-electron chi connectivity index (χ1n) is 33.2. The average Bonchev–Trinajstić information content (AvgIpc) is 0.804. The van der Waals surface area contributed by atoms with E-state index in [-0.39, 0.29) is 35.5 Å². The molecule has 0 N–H and O–H groups in total. The summed E-state index contributed by atoms with van der Waals surface area (Å²) in [7, 11) is 0. The Hall–Kier alpha value is -4.92. The van der Waals surface area contributed by atoms with Gasteiger partial charge >= 0.3 is 0 Å². The summed E-state index contributed by atoms with van der Waals surface area (Å²) in [5, 5.41) is 7.08. The fraction of sp³-hybridized carbons (Fsp3) is 0.568. The zero-order valence-corrected chi connectivity index (χ0v) is 52.9. The van der Waals surface area contributed by atoms with Crippen LogP contribution < -0.4 is 0 Å². The Bertz CT molecular complexity index is 3270. The molecule has 7 aromatic rings. The molecule has 0 saturated heterocycles. The van der Waals surface area contributed by atoms with Crippen molar-refractivity contribution in [3.8, 4) is 20.2 Å². The van der Waals surface area contributed by atoms with Crippen molar-refractivity contribution in [3.63, 3.8) is 0 Å². The van der Waals surface area contributed by atoms with Gasteiger partial charge in [0.05, 0.1) is 11.1 Å². The van der Waals surface area contributed by atoms with Gasteiger partial charge in [0.2, 0.25) is 0 Å². The largest absolute Gasteiger partial charge is 0.274 e. The molecule has 2 aromatic heterocycles. The van der Waals surface area contributed by atoms with Gasteiger partial charge in [-0.05, 0) is 138 Å². The Morgan fingerprint density at radius 1 is 0.341 bits per heavy atom. The Morgan fingerprint density at radius 2 is 0.707 bits per heavy atom. The highest BCUT2D eigenvalue weighted by molar-refractivity contribution is 7.23. The van der Waals surface area contributed by atoms with E-state index >= 15 is 19.2 Å². The average molecular weight is 1140 g/mol. The van der Waals surface area contributed by atoms with Crippen molar-refractivity contribution in [2.24, 2.45) is 11.8 Å². The van der Waals surface area contributed by atoms with Crippen molar-refractivity contribution in [2.45, 2.75) is 247 Å². The maximum atomic E-state index is 15.8. The fourth-order valence-electron chi connectivity index (χ4n) is 14.2. The van der Waals surface area contributed by atoms with Gasteiger partial charge in [0.25, 0.3) is 23.6 Å². The first-order valence-corrected chi connectivity index (χ1v) is 34.9. The van der Waals surface area contributed by atoms with Gasteiger partial charge in [-0.25, -0.2) is 0 Å². The molecule has 9 rings (SSSR count). The molecule has 4 amide bonds. The van der Waals surface area contributed by atoms with Gasteiger partial charge in [-0.1, -0.05) is 220 Å². The lowest BCUT2D eigenvalue weighted by Crippen LogP contribution is -2.43. The molecule has 0 bridgehead atoms. The molecule has 2 atom stereocenters. The lowest BCUT2D eigenvalue weighted by molar-refractivity contribution is 0.0562. The number of fused-ring (bicyclic) bond motifs is 2. The van der Waals surface area contributed by atoms with Crippen LogP contribution in [-0.4, -0.2) is 46.5 Å². The van der Waals surface area contributed by atoms with Crippen molar-refractivity contribution in [1.82, 2.24) is 9.80 Å². The molecule has 0 saturated carbocycles. The monoisotopic (exact) mass is 1140 g/mol. The van der Waals surface area contributed by atoms with Crippen molar-refractivity contribution < 1.29 is 19.2 Å². The van der Waals surface area contributed by atoms with E-state index < -0.39 is 0 Å². The minimum atomic E-state index is -0.197. The highest BCUT2D eigenvalue weighted by atomic mass is 32.1. The van der Waals surface area contributed by atoms with E-state index in [4.69, 9.17) is 0 Å². The van der Waals surface area contributed by atoms with E-state index in [1.165, 1.54) is 164 Å². The zero-order chi connectivity index (χ0) is 57.5. The molecule has 82 heavy (non-hydrogen) atoms. The SMILES string of the molecule is CCCCCCCCCCC(CCCCCCCC)CN1C(=O)c2ccc3c4cc(-c5ccc(-c6ccc(C)s6)s5)c5c6c(ccc(c7cc(C)c(c2c73)C1=O)c64)C(=O)N(CC(CCCCCCCC)CCCCCCCCCC)C5=O. The second-order valence-electron chi connectivity index (χ2n) is 25.2. The van der Waals surface area contributed by atoms with Gasteiger partial charge in [0.15, 0.2) is 0 Å². The minimum Gasteiger partial charge on any atom is -0.274 e. The molecule has 0 radical (unpaired) electrons. The first kappa shape index (κ1) is 61.6. The molecule has 8 heteroatoms. The van der Waals surface area contributed by atoms with Crippen LogP contribution >= 0.6 is 22.7 Å². The van der Waals surface area contributed by atoms with E-state index in [0.717, 1.165) is 115 Å².